The van der Waals surface area contributed by atoms with Crippen LogP contribution in [0.25, 0.3) is 0 Å². The standard InChI is InChI=1S/C8H13NO.ClH/c1-3-8(10-2)5-4-6-9-7-8;/h1,9H,4-7H2,2H3;1H. The van der Waals surface area contributed by atoms with Crippen molar-refractivity contribution in [2.75, 3.05) is 20.2 Å². The molecule has 1 fully saturated rings. The molecule has 1 atom stereocenters. The van der Waals surface area contributed by atoms with Crippen molar-refractivity contribution in [2.24, 2.45) is 0 Å². The number of rotatable bonds is 1. The second kappa shape index (κ2) is 4.61. The van der Waals surface area contributed by atoms with E-state index >= 15 is 0 Å². The summed E-state index contributed by atoms with van der Waals surface area (Å²) in [4.78, 5) is 0. The van der Waals surface area contributed by atoms with Gasteiger partial charge in [-0.1, -0.05) is 5.92 Å². The highest BCUT2D eigenvalue weighted by atomic mass is 35.5. The molecule has 0 amide bonds. The topological polar surface area (TPSA) is 21.3 Å². The first-order valence-electron chi connectivity index (χ1n) is 3.57. The van der Waals surface area contributed by atoms with Crippen molar-refractivity contribution in [1.82, 2.24) is 5.32 Å². The van der Waals surface area contributed by atoms with Gasteiger partial charge in [0.25, 0.3) is 0 Å². The second-order valence-electron chi connectivity index (χ2n) is 2.62. The van der Waals surface area contributed by atoms with Gasteiger partial charge in [0, 0.05) is 13.7 Å². The van der Waals surface area contributed by atoms with Gasteiger partial charge in [0.2, 0.25) is 0 Å². The van der Waals surface area contributed by atoms with Gasteiger partial charge in [-0.05, 0) is 19.4 Å². The lowest BCUT2D eigenvalue weighted by Gasteiger charge is -2.31. The van der Waals surface area contributed by atoms with Crippen molar-refractivity contribution in [1.29, 1.82) is 0 Å². The summed E-state index contributed by atoms with van der Waals surface area (Å²) in [5, 5.41) is 3.21. The van der Waals surface area contributed by atoms with Crippen LogP contribution in [0.15, 0.2) is 0 Å². The van der Waals surface area contributed by atoms with Crippen molar-refractivity contribution in [3.63, 3.8) is 0 Å². The number of nitrogens with one attached hydrogen (secondary N) is 1. The van der Waals surface area contributed by atoms with E-state index in [1.807, 2.05) is 0 Å². The highest BCUT2D eigenvalue weighted by Crippen LogP contribution is 2.18. The predicted octanol–water partition coefficient (Wildman–Crippen LogP) is 0.810. The number of ether oxygens (including phenoxy) is 1. The van der Waals surface area contributed by atoms with Crippen molar-refractivity contribution in [2.45, 2.75) is 18.4 Å². The summed E-state index contributed by atoms with van der Waals surface area (Å²) in [6, 6.07) is 0. The number of methoxy groups -OCH3 is 1. The van der Waals surface area contributed by atoms with Gasteiger partial charge in [0.1, 0.15) is 5.60 Å². The van der Waals surface area contributed by atoms with Crippen molar-refractivity contribution >= 4 is 12.4 Å². The van der Waals surface area contributed by atoms with Crippen LogP contribution in [0.2, 0.25) is 0 Å². The molecule has 1 aliphatic heterocycles. The minimum absolute atomic E-state index is 0. The van der Waals surface area contributed by atoms with Crippen LogP contribution in [0.1, 0.15) is 12.8 Å². The molecular formula is C8H14ClNO. The molecule has 1 saturated heterocycles. The lowest BCUT2D eigenvalue weighted by atomic mass is 9.95. The van der Waals surface area contributed by atoms with E-state index < -0.39 is 0 Å². The van der Waals surface area contributed by atoms with Crippen molar-refractivity contribution < 1.29 is 4.74 Å². The maximum Gasteiger partial charge on any atom is 0.140 e. The molecule has 1 rings (SSSR count). The zero-order chi connectivity index (χ0) is 7.45. The molecule has 1 heterocycles. The van der Waals surface area contributed by atoms with Crippen LogP contribution in [0.3, 0.4) is 0 Å². The molecule has 0 spiro atoms. The van der Waals surface area contributed by atoms with E-state index in [0.29, 0.717) is 0 Å². The highest BCUT2D eigenvalue weighted by molar-refractivity contribution is 5.85. The molecule has 2 nitrogen and oxygen atoms in total. The summed E-state index contributed by atoms with van der Waals surface area (Å²) >= 11 is 0. The fourth-order valence-corrected chi connectivity index (χ4v) is 1.23. The van der Waals surface area contributed by atoms with Gasteiger partial charge in [0.15, 0.2) is 0 Å². The van der Waals surface area contributed by atoms with Gasteiger partial charge < -0.3 is 10.1 Å². The third-order valence-corrected chi connectivity index (χ3v) is 2.00. The number of halogens is 1. The average Bonchev–Trinajstić information content (AvgIpc) is 2.06. The zero-order valence-corrected chi connectivity index (χ0v) is 7.54. The lowest BCUT2D eigenvalue weighted by Crippen LogP contribution is -2.45. The fraction of sp³-hybridized carbons (Fsp3) is 0.750. The summed E-state index contributed by atoms with van der Waals surface area (Å²) in [5.74, 6) is 2.68. The SMILES string of the molecule is C#CC1(OC)CCCNC1.Cl. The van der Waals surface area contributed by atoms with Crippen LogP contribution in [-0.2, 0) is 4.74 Å². The Kier molecular flexibility index (Phi) is 4.51. The summed E-state index contributed by atoms with van der Waals surface area (Å²) in [7, 11) is 1.67. The molecule has 0 aromatic carbocycles. The van der Waals surface area contributed by atoms with Crippen LogP contribution >= 0.6 is 12.4 Å². The number of terminal acetylenes is 1. The Hall–Kier alpha value is -0.230. The number of piperidine rings is 1. The molecule has 0 aromatic heterocycles. The first-order valence-corrected chi connectivity index (χ1v) is 3.57. The van der Waals surface area contributed by atoms with Gasteiger partial charge in [-0.15, -0.1) is 18.8 Å². The molecule has 1 unspecified atom stereocenters. The monoisotopic (exact) mass is 175 g/mol. The molecule has 64 valence electrons. The second-order valence-corrected chi connectivity index (χ2v) is 2.62. The summed E-state index contributed by atoms with van der Waals surface area (Å²) < 4.78 is 5.23. The molecule has 1 aliphatic rings. The third-order valence-electron chi connectivity index (χ3n) is 2.00. The molecule has 0 aromatic rings. The Balaban J connectivity index is 0.000001000. The van der Waals surface area contributed by atoms with E-state index in [-0.39, 0.29) is 18.0 Å². The minimum Gasteiger partial charge on any atom is -0.364 e. The van der Waals surface area contributed by atoms with Gasteiger partial charge in [-0.3, -0.25) is 0 Å². The summed E-state index contributed by atoms with van der Waals surface area (Å²) in [6.07, 6.45) is 7.42. The van der Waals surface area contributed by atoms with Gasteiger partial charge in [0.05, 0.1) is 0 Å². The molecule has 3 heteroatoms. The first kappa shape index (κ1) is 10.8. The number of hydrogen-bond acceptors (Lipinski definition) is 2. The van der Waals surface area contributed by atoms with Crippen LogP contribution < -0.4 is 5.32 Å². The first-order chi connectivity index (χ1) is 4.83. The maximum atomic E-state index is 5.33. The minimum atomic E-state index is -0.321. The Labute approximate surface area is 74.1 Å². The van der Waals surface area contributed by atoms with Crippen LogP contribution in [0.5, 0.6) is 0 Å². The molecule has 0 bridgehead atoms. The fourth-order valence-electron chi connectivity index (χ4n) is 1.23. The molecule has 0 aliphatic carbocycles. The smallest absolute Gasteiger partial charge is 0.140 e. The summed E-state index contributed by atoms with van der Waals surface area (Å²) in [5.41, 5.74) is -0.321. The molecular weight excluding hydrogens is 162 g/mol. The van der Waals surface area contributed by atoms with Gasteiger partial charge in [-0.2, -0.15) is 0 Å². The van der Waals surface area contributed by atoms with E-state index in [9.17, 15) is 0 Å². The lowest BCUT2D eigenvalue weighted by molar-refractivity contribution is 0.0212. The Morgan fingerprint density at radius 3 is 2.64 bits per heavy atom. The van der Waals surface area contributed by atoms with E-state index in [2.05, 4.69) is 11.2 Å². The van der Waals surface area contributed by atoms with Crippen molar-refractivity contribution in [3.05, 3.63) is 0 Å². The van der Waals surface area contributed by atoms with Crippen LogP contribution in [-0.4, -0.2) is 25.8 Å². The molecule has 0 radical (unpaired) electrons. The Morgan fingerprint density at radius 1 is 1.64 bits per heavy atom. The average molecular weight is 176 g/mol. The Morgan fingerprint density at radius 2 is 2.36 bits per heavy atom. The largest absolute Gasteiger partial charge is 0.364 e. The van der Waals surface area contributed by atoms with E-state index in [1.165, 1.54) is 0 Å². The van der Waals surface area contributed by atoms with Crippen molar-refractivity contribution in [3.8, 4) is 12.3 Å². The third kappa shape index (κ3) is 2.37. The van der Waals surface area contributed by atoms with Crippen LogP contribution in [0.4, 0.5) is 0 Å². The molecule has 1 N–H and O–H groups in total. The number of hydrogen-bond donors (Lipinski definition) is 1. The van der Waals surface area contributed by atoms with E-state index in [1.54, 1.807) is 7.11 Å². The van der Waals surface area contributed by atoms with Gasteiger partial charge >= 0.3 is 0 Å². The van der Waals surface area contributed by atoms with E-state index in [4.69, 9.17) is 11.2 Å². The quantitative estimate of drug-likeness (QED) is 0.596. The van der Waals surface area contributed by atoms with Crippen LogP contribution in [0, 0.1) is 12.3 Å². The maximum absolute atomic E-state index is 5.33. The highest BCUT2D eigenvalue weighted by Gasteiger charge is 2.28. The normalized spacial score (nSPS) is 30.2. The zero-order valence-electron chi connectivity index (χ0n) is 6.72. The van der Waals surface area contributed by atoms with Gasteiger partial charge in [-0.25, -0.2) is 0 Å². The van der Waals surface area contributed by atoms with E-state index in [0.717, 1.165) is 25.9 Å². The summed E-state index contributed by atoms with van der Waals surface area (Å²) in [6.45, 7) is 1.85. The Bertz CT molecular complexity index is 147. The molecule has 0 saturated carbocycles. The predicted molar refractivity (Wildman–Crippen MR) is 47.9 cm³/mol. The molecule has 11 heavy (non-hydrogen) atoms.